The van der Waals surface area contributed by atoms with Gasteiger partial charge in [-0.25, -0.2) is 0 Å². The zero-order valence-electron chi connectivity index (χ0n) is 13.1. The second kappa shape index (κ2) is 4.19. The van der Waals surface area contributed by atoms with Gasteiger partial charge in [-0.15, -0.1) is 0 Å². The zero-order chi connectivity index (χ0) is 16.3. The molecule has 2 aliphatic heterocycles. The molecule has 6 nitrogen and oxygen atoms in total. The van der Waals surface area contributed by atoms with Crippen LogP contribution in [-0.4, -0.2) is 57.7 Å². The molecule has 1 fully saturated rings. The van der Waals surface area contributed by atoms with Crippen molar-refractivity contribution in [2.24, 2.45) is 0 Å². The number of likely N-dealkylation sites (tertiary alicyclic amines) is 1. The lowest BCUT2D eigenvalue weighted by molar-refractivity contribution is -0.128. The van der Waals surface area contributed by atoms with E-state index >= 15 is 0 Å². The highest BCUT2D eigenvalue weighted by molar-refractivity contribution is 6.28. The maximum absolute atomic E-state index is 12.3. The summed E-state index contributed by atoms with van der Waals surface area (Å²) < 4.78 is 0. The number of nitrogens with zero attached hydrogens (tertiary/aromatic N) is 2. The van der Waals surface area contributed by atoms with E-state index in [1.807, 2.05) is 0 Å². The van der Waals surface area contributed by atoms with Gasteiger partial charge in [0.15, 0.2) is 5.78 Å². The van der Waals surface area contributed by atoms with Crippen LogP contribution in [0.25, 0.3) is 0 Å². The number of Topliss-reactive ketones (excluding diaryl/α,β-unsaturated/α-hetero) is 1. The van der Waals surface area contributed by atoms with E-state index in [2.05, 4.69) is 0 Å². The number of carbonyl (C=O) groups is 3. The molecule has 0 bridgehead atoms. The van der Waals surface area contributed by atoms with E-state index in [-0.39, 0.29) is 22.7 Å². The van der Waals surface area contributed by atoms with E-state index in [1.165, 1.54) is 15.9 Å². The number of hydrogen-bond acceptors (Lipinski definition) is 4. The first-order valence-corrected chi connectivity index (χ1v) is 6.70. The minimum atomic E-state index is -0.942. The molecule has 0 unspecified atom stereocenters. The molecule has 2 amide bonds. The van der Waals surface area contributed by atoms with Gasteiger partial charge in [-0.05, 0) is 33.8 Å². The number of amides is 2. The molecular weight excluding hydrogens is 272 g/mol. The van der Waals surface area contributed by atoms with Crippen LogP contribution >= 0.6 is 0 Å². The van der Waals surface area contributed by atoms with Crippen molar-refractivity contribution < 1.29 is 19.5 Å². The summed E-state index contributed by atoms with van der Waals surface area (Å²) in [6.07, 6.45) is 1.22. The Morgan fingerprint density at radius 2 is 1.38 bits per heavy atom. The van der Waals surface area contributed by atoms with Crippen LogP contribution in [0.5, 0.6) is 0 Å². The summed E-state index contributed by atoms with van der Waals surface area (Å²) in [5.41, 5.74) is -1.86. The van der Waals surface area contributed by atoms with Gasteiger partial charge in [0.2, 0.25) is 0 Å². The Bertz CT molecular complexity index is 626. The number of ketones is 1. The van der Waals surface area contributed by atoms with Crippen LogP contribution in [0.2, 0.25) is 0 Å². The monoisotopic (exact) mass is 292 g/mol. The molecule has 0 radical (unpaired) electrons. The van der Waals surface area contributed by atoms with Gasteiger partial charge in [-0.2, -0.15) is 0 Å². The summed E-state index contributed by atoms with van der Waals surface area (Å²) in [4.78, 5) is 39.4. The van der Waals surface area contributed by atoms with Gasteiger partial charge in [0.05, 0.1) is 16.7 Å². The van der Waals surface area contributed by atoms with Crippen molar-refractivity contribution in [1.29, 1.82) is 0 Å². The second-order valence-electron chi connectivity index (χ2n) is 6.50. The van der Waals surface area contributed by atoms with Crippen LogP contribution in [0.3, 0.4) is 0 Å². The van der Waals surface area contributed by atoms with E-state index in [1.54, 1.807) is 41.8 Å². The van der Waals surface area contributed by atoms with Gasteiger partial charge in [0.1, 0.15) is 11.3 Å². The third kappa shape index (κ3) is 1.81. The topological polar surface area (TPSA) is 77.9 Å². The molecule has 2 aliphatic rings. The molecule has 2 heterocycles. The fourth-order valence-corrected chi connectivity index (χ4v) is 2.44. The van der Waals surface area contributed by atoms with Crippen LogP contribution < -0.4 is 0 Å². The Hall–Kier alpha value is -2.11. The number of carbonyl (C=O) groups excluding carboxylic acids is 3. The van der Waals surface area contributed by atoms with Crippen LogP contribution in [0.1, 0.15) is 27.7 Å². The minimum Gasteiger partial charge on any atom is -0.509 e. The van der Waals surface area contributed by atoms with Crippen molar-refractivity contribution in [3.8, 4) is 0 Å². The fraction of sp³-hybridized carbons (Fsp3) is 0.533. The van der Waals surface area contributed by atoms with E-state index in [0.717, 1.165) is 0 Å². The first-order chi connectivity index (χ1) is 9.44. The first kappa shape index (κ1) is 15.3. The normalized spacial score (nSPS) is 26.6. The summed E-state index contributed by atoms with van der Waals surface area (Å²) in [6, 6.07) is 0. The molecule has 21 heavy (non-hydrogen) atoms. The molecule has 0 aromatic carbocycles. The molecular formula is C15H20N2O4. The summed E-state index contributed by atoms with van der Waals surface area (Å²) in [5, 5.41) is 10.2. The van der Waals surface area contributed by atoms with E-state index in [9.17, 15) is 19.5 Å². The maximum Gasteiger partial charge on any atom is 0.258 e. The first-order valence-electron chi connectivity index (χ1n) is 6.70. The van der Waals surface area contributed by atoms with Gasteiger partial charge in [0, 0.05) is 14.1 Å². The van der Waals surface area contributed by atoms with E-state index in [0.29, 0.717) is 0 Å². The molecule has 1 N–H and O–H groups in total. The largest absolute Gasteiger partial charge is 0.509 e. The van der Waals surface area contributed by atoms with Gasteiger partial charge in [0.25, 0.3) is 11.8 Å². The van der Waals surface area contributed by atoms with Gasteiger partial charge >= 0.3 is 0 Å². The Morgan fingerprint density at radius 1 is 0.905 bits per heavy atom. The number of hydrogen-bond donors (Lipinski definition) is 1. The number of aliphatic hydroxyl groups is 1. The van der Waals surface area contributed by atoms with Gasteiger partial charge < -0.3 is 14.9 Å². The molecule has 0 saturated carbocycles. The van der Waals surface area contributed by atoms with Crippen LogP contribution in [0.15, 0.2) is 23.0 Å². The molecule has 0 spiro atoms. The van der Waals surface area contributed by atoms with Gasteiger partial charge in [-0.1, -0.05) is 0 Å². The molecule has 0 aromatic heterocycles. The molecule has 1 saturated heterocycles. The fourth-order valence-electron chi connectivity index (χ4n) is 2.44. The number of rotatable bonds is 1. The maximum atomic E-state index is 12.3. The molecule has 114 valence electrons. The summed E-state index contributed by atoms with van der Waals surface area (Å²) >= 11 is 0. The quantitative estimate of drug-likeness (QED) is 0.572. The average molecular weight is 292 g/mol. The SMILES string of the molecule is CN1C(=O)/C(=C/C2=C(O)C(C)(C)N(C)C2=O)C(=O)C1(C)C. The van der Waals surface area contributed by atoms with Crippen LogP contribution in [0.4, 0.5) is 0 Å². The summed E-state index contributed by atoms with van der Waals surface area (Å²) in [6.45, 7) is 6.68. The third-order valence-electron chi connectivity index (χ3n) is 4.67. The average Bonchev–Trinajstić information content (AvgIpc) is 2.64. The van der Waals surface area contributed by atoms with E-state index < -0.39 is 22.9 Å². The summed E-state index contributed by atoms with van der Waals surface area (Å²) in [7, 11) is 3.11. The molecule has 2 rings (SSSR count). The van der Waals surface area contributed by atoms with Crippen LogP contribution in [0, 0.1) is 0 Å². The lowest BCUT2D eigenvalue weighted by Gasteiger charge is -2.27. The third-order valence-corrected chi connectivity index (χ3v) is 4.67. The number of aliphatic hydroxyl groups excluding tert-OH is 1. The van der Waals surface area contributed by atoms with Crippen molar-refractivity contribution in [2.75, 3.05) is 14.1 Å². The lowest BCUT2D eigenvalue weighted by Crippen LogP contribution is -2.41. The highest BCUT2D eigenvalue weighted by Crippen LogP contribution is 2.35. The highest BCUT2D eigenvalue weighted by Gasteiger charge is 2.49. The second-order valence-corrected chi connectivity index (χ2v) is 6.50. The molecule has 6 heteroatoms. The Balaban J connectivity index is 2.56. The van der Waals surface area contributed by atoms with Crippen molar-refractivity contribution in [3.05, 3.63) is 23.0 Å². The minimum absolute atomic E-state index is 0.00491. The molecule has 0 aliphatic carbocycles. The van der Waals surface area contributed by atoms with Crippen molar-refractivity contribution in [1.82, 2.24) is 9.80 Å². The van der Waals surface area contributed by atoms with Crippen LogP contribution in [-0.2, 0) is 14.4 Å². The lowest BCUT2D eigenvalue weighted by atomic mass is 9.96. The molecule has 0 atom stereocenters. The predicted octanol–water partition coefficient (Wildman–Crippen LogP) is 0.795. The van der Waals surface area contributed by atoms with Gasteiger partial charge in [-0.3, -0.25) is 14.4 Å². The Labute approximate surface area is 123 Å². The van der Waals surface area contributed by atoms with E-state index in [4.69, 9.17) is 0 Å². The highest BCUT2D eigenvalue weighted by atomic mass is 16.3. The van der Waals surface area contributed by atoms with Crippen molar-refractivity contribution in [2.45, 2.75) is 38.8 Å². The zero-order valence-corrected chi connectivity index (χ0v) is 13.1. The van der Waals surface area contributed by atoms with Crippen molar-refractivity contribution >= 4 is 17.6 Å². The predicted molar refractivity (Wildman–Crippen MR) is 76.4 cm³/mol. The molecule has 0 aromatic rings. The Morgan fingerprint density at radius 3 is 1.71 bits per heavy atom. The van der Waals surface area contributed by atoms with Crippen molar-refractivity contribution in [3.63, 3.8) is 0 Å². The smallest absolute Gasteiger partial charge is 0.258 e. The summed E-state index contributed by atoms with van der Waals surface area (Å²) in [5.74, 6) is -1.32. The number of likely N-dealkylation sites (N-methyl/N-ethyl adjacent to an activating group) is 2. The Kier molecular flexibility index (Phi) is 3.05. The standard InChI is InChI=1S/C15H20N2O4/c1-14(2)10(18)8(12(20)16(14)5)7-9-11(19)15(3,4)17(6)13(9)21/h7,18H,1-6H3/b9-7+.